The first kappa shape index (κ1) is 18.9. The predicted molar refractivity (Wildman–Crippen MR) is 105 cm³/mol. The molecule has 0 bridgehead atoms. The van der Waals surface area contributed by atoms with Crippen LogP contribution in [0.15, 0.2) is 36.3 Å². The number of H-pyrrole nitrogens is 1. The van der Waals surface area contributed by atoms with Crippen molar-refractivity contribution in [2.45, 2.75) is 25.1 Å². The molecule has 3 aromatic rings. The summed E-state index contributed by atoms with van der Waals surface area (Å²) < 4.78 is 45.9. The Kier molecular flexibility index (Phi) is 4.58. The van der Waals surface area contributed by atoms with E-state index in [-0.39, 0.29) is 24.6 Å². The van der Waals surface area contributed by atoms with Gasteiger partial charge in [0.15, 0.2) is 0 Å². The molecule has 1 saturated heterocycles. The van der Waals surface area contributed by atoms with Gasteiger partial charge in [0, 0.05) is 30.6 Å². The number of fused-ring (bicyclic) bond motifs is 3. The third-order valence-corrected chi connectivity index (χ3v) is 5.30. The highest BCUT2D eigenvalue weighted by atomic mass is 19.4. The van der Waals surface area contributed by atoms with Gasteiger partial charge in [-0.05, 0) is 17.7 Å². The van der Waals surface area contributed by atoms with E-state index in [9.17, 15) is 13.2 Å². The topological polar surface area (TPSA) is 87.8 Å². The Hall–Kier alpha value is -3.14. The third kappa shape index (κ3) is 3.58. The van der Waals surface area contributed by atoms with Crippen LogP contribution in [0.4, 0.5) is 19.0 Å². The number of rotatable bonds is 4. The number of hydrogen-bond donors (Lipinski definition) is 3. The van der Waals surface area contributed by atoms with E-state index < -0.39 is 12.6 Å². The lowest BCUT2D eigenvalue weighted by Crippen LogP contribution is -2.51. The van der Waals surface area contributed by atoms with Crippen LogP contribution in [0.1, 0.15) is 24.1 Å². The first-order valence-corrected chi connectivity index (χ1v) is 9.65. The van der Waals surface area contributed by atoms with E-state index in [1.807, 2.05) is 0 Å². The van der Waals surface area contributed by atoms with Crippen LogP contribution in [0.5, 0.6) is 5.75 Å². The molecule has 30 heavy (non-hydrogen) atoms. The Balaban J connectivity index is 1.61. The minimum atomic E-state index is -4.34. The number of nitrogens with zero attached hydrogens (tertiary/aromatic N) is 3. The molecule has 1 aromatic carbocycles. The number of benzene rings is 1. The van der Waals surface area contributed by atoms with Gasteiger partial charge in [0.1, 0.15) is 11.6 Å². The fourth-order valence-corrected chi connectivity index (χ4v) is 3.81. The molecular weight excluding hydrogens is 397 g/mol. The smallest absolute Gasteiger partial charge is 0.392 e. The summed E-state index contributed by atoms with van der Waals surface area (Å²) in [7, 11) is 0. The fourth-order valence-electron chi connectivity index (χ4n) is 3.81. The van der Waals surface area contributed by atoms with E-state index in [0.29, 0.717) is 28.4 Å². The predicted octanol–water partition coefficient (Wildman–Crippen LogP) is 3.27. The van der Waals surface area contributed by atoms with E-state index in [0.717, 1.165) is 24.0 Å². The molecule has 2 aliphatic rings. The first-order valence-electron chi connectivity index (χ1n) is 9.65. The molecule has 3 N–H and O–H groups in total. The lowest BCUT2D eigenvalue weighted by atomic mass is 9.92. The molecule has 0 spiro atoms. The summed E-state index contributed by atoms with van der Waals surface area (Å²) in [5, 5.41) is 14.0. The highest BCUT2D eigenvalue weighted by Crippen LogP contribution is 2.42. The molecule has 0 unspecified atom stereocenters. The molecule has 10 heteroatoms. The number of anilines is 1. The molecule has 4 heterocycles. The van der Waals surface area contributed by atoms with Crippen molar-refractivity contribution < 1.29 is 17.9 Å². The summed E-state index contributed by atoms with van der Waals surface area (Å²) in [6.07, 6.45) is -0.506. The summed E-state index contributed by atoms with van der Waals surface area (Å²) in [6.45, 7) is 1.83. The van der Waals surface area contributed by atoms with Crippen LogP contribution in [0.2, 0.25) is 0 Å². The van der Waals surface area contributed by atoms with Gasteiger partial charge >= 0.3 is 6.18 Å². The Labute approximate surface area is 169 Å². The first-order chi connectivity index (χ1) is 14.5. The third-order valence-electron chi connectivity index (χ3n) is 5.30. The van der Waals surface area contributed by atoms with Crippen molar-refractivity contribution in [2.24, 2.45) is 0 Å². The highest BCUT2D eigenvalue weighted by Gasteiger charge is 2.33. The molecule has 1 fully saturated rings. The summed E-state index contributed by atoms with van der Waals surface area (Å²) >= 11 is 0. The van der Waals surface area contributed by atoms with Crippen LogP contribution in [-0.2, 0) is 0 Å². The zero-order valence-corrected chi connectivity index (χ0v) is 15.9. The number of halogens is 3. The van der Waals surface area contributed by atoms with Gasteiger partial charge in [-0.1, -0.05) is 0 Å². The lowest BCUT2D eigenvalue weighted by Gasteiger charge is -2.28. The van der Waals surface area contributed by atoms with Gasteiger partial charge in [0.2, 0.25) is 0 Å². The number of ether oxygens (including phenoxy) is 1. The second kappa shape index (κ2) is 7.28. The number of nitrogens with one attached hydrogen (secondary N) is 3. The van der Waals surface area contributed by atoms with Crippen molar-refractivity contribution in [3.8, 4) is 5.75 Å². The Morgan fingerprint density at radius 2 is 2.00 bits per heavy atom. The molecule has 2 aromatic heterocycles. The van der Waals surface area contributed by atoms with Crippen LogP contribution < -0.4 is 15.4 Å². The van der Waals surface area contributed by atoms with E-state index in [4.69, 9.17) is 4.74 Å². The number of aromatic amines is 1. The molecule has 0 saturated carbocycles. The summed E-state index contributed by atoms with van der Waals surface area (Å²) in [5.74, 6) is 1.11. The summed E-state index contributed by atoms with van der Waals surface area (Å²) in [6, 6.07) is 3.82. The average molecular weight is 416 g/mol. The number of aromatic nitrogens is 4. The zero-order chi connectivity index (χ0) is 20.7. The van der Waals surface area contributed by atoms with E-state index in [2.05, 4.69) is 30.8 Å². The van der Waals surface area contributed by atoms with Gasteiger partial charge in [-0.25, -0.2) is 4.98 Å². The molecule has 0 amide bonds. The maximum Gasteiger partial charge on any atom is 0.392 e. The maximum atomic E-state index is 13.4. The van der Waals surface area contributed by atoms with Crippen molar-refractivity contribution >= 4 is 22.3 Å². The fraction of sp³-hybridized carbons (Fsp3) is 0.350. The Morgan fingerprint density at radius 1 is 1.13 bits per heavy atom. The number of hydrogen-bond acceptors (Lipinski definition) is 6. The lowest BCUT2D eigenvalue weighted by molar-refractivity contribution is -0.127. The second-order valence-corrected chi connectivity index (χ2v) is 7.43. The quantitative estimate of drug-likeness (QED) is 0.605. The monoisotopic (exact) mass is 416 g/mol. The normalized spacial score (nSPS) is 17.3. The van der Waals surface area contributed by atoms with Crippen molar-refractivity contribution in [2.75, 3.05) is 25.0 Å². The van der Waals surface area contributed by atoms with Crippen LogP contribution in [0.25, 0.3) is 16.5 Å². The molecule has 0 aliphatic carbocycles. The number of alkyl halides is 3. The van der Waals surface area contributed by atoms with Crippen molar-refractivity contribution in [3.05, 3.63) is 47.6 Å². The minimum Gasteiger partial charge on any atom is -0.492 e. The van der Waals surface area contributed by atoms with Crippen LogP contribution >= 0.6 is 0 Å². The van der Waals surface area contributed by atoms with Crippen molar-refractivity contribution in [1.29, 1.82) is 0 Å². The van der Waals surface area contributed by atoms with Gasteiger partial charge < -0.3 is 15.4 Å². The van der Waals surface area contributed by atoms with E-state index in [1.165, 1.54) is 6.20 Å². The Bertz CT molecular complexity index is 1100. The standard InChI is InChI=1S/C20H19F3N6O/c21-20(22,23)5-11-3-4-30-19-13(1-2-15-14(19)8-27-29-15)18(11)16-9-26-17(10-25-16)28-12-6-24-7-12/h1-2,8-10,12,24H,3-7H2,(H,26,28)(H,27,29). The van der Waals surface area contributed by atoms with Gasteiger partial charge in [0.25, 0.3) is 0 Å². The highest BCUT2D eigenvalue weighted by molar-refractivity contribution is 5.94. The summed E-state index contributed by atoms with van der Waals surface area (Å²) in [4.78, 5) is 8.84. The molecule has 5 rings (SSSR count). The Morgan fingerprint density at radius 3 is 2.70 bits per heavy atom. The largest absolute Gasteiger partial charge is 0.492 e. The van der Waals surface area contributed by atoms with Crippen LogP contribution in [0.3, 0.4) is 0 Å². The maximum absolute atomic E-state index is 13.4. The SMILES string of the molecule is FC(F)(F)CC1=C(c2cnc(NC3CNC3)cn2)c2ccc3[nH]ncc3c2OCC1. The van der Waals surface area contributed by atoms with Crippen LogP contribution in [-0.4, -0.2) is 52.1 Å². The molecule has 7 nitrogen and oxygen atoms in total. The van der Waals surface area contributed by atoms with Gasteiger partial charge in [-0.2, -0.15) is 18.3 Å². The van der Waals surface area contributed by atoms with Crippen molar-refractivity contribution in [3.63, 3.8) is 0 Å². The van der Waals surface area contributed by atoms with Gasteiger partial charge in [-0.3, -0.25) is 10.1 Å². The molecular formula is C20H19F3N6O. The molecule has 2 aliphatic heterocycles. The van der Waals surface area contributed by atoms with E-state index in [1.54, 1.807) is 24.5 Å². The minimum absolute atomic E-state index is 0.147. The molecule has 0 atom stereocenters. The summed E-state index contributed by atoms with van der Waals surface area (Å²) in [5.41, 5.74) is 2.38. The zero-order valence-electron chi connectivity index (χ0n) is 15.9. The van der Waals surface area contributed by atoms with Crippen molar-refractivity contribution in [1.82, 2.24) is 25.5 Å². The average Bonchev–Trinajstić information content (AvgIpc) is 3.08. The van der Waals surface area contributed by atoms with E-state index >= 15 is 0 Å². The molecule has 0 radical (unpaired) electrons. The van der Waals surface area contributed by atoms with Gasteiger partial charge in [-0.15, -0.1) is 0 Å². The van der Waals surface area contributed by atoms with Crippen LogP contribution in [0, 0.1) is 0 Å². The van der Waals surface area contributed by atoms with Gasteiger partial charge in [0.05, 0.1) is 54.3 Å². The second-order valence-electron chi connectivity index (χ2n) is 7.43. The molecule has 156 valence electrons.